The normalized spacial score (nSPS) is 11.1. The zero-order chi connectivity index (χ0) is 18.3. The van der Waals surface area contributed by atoms with Gasteiger partial charge >= 0.3 is 0 Å². The van der Waals surface area contributed by atoms with Gasteiger partial charge in [-0.3, -0.25) is 4.57 Å². The first kappa shape index (κ1) is 16.8. The van der Waals surface area contributed by atoms with Crippen LogP contribution in [0.15, 0.2) is 48.7 Å². The van der Waals surface area contributed by atoms with Gasteiger partial charge in [-0.25, -0.2) is 4.98 Å². The predicted molar refractivity (Wildman–Crippen MR) is 102 cm³/mol. The molecule has 0 aliphatic rings. The number of halogens is 2. The van der Waals surface area contributed by atoms with Crippen molar-refractivity contribution in [1.29, 1.82) is 0 Å². The van der Waals surface area contributed by atoms with Gasteiger partial charge in [0, 0.05) is 33.7 Å². The first-order valence-corrected chi connectivity index (χ1v) is 8.63. The molecule has 2 aromatic heterocycles. The van der Waals surface area contributed by atoms with Gasteiger partial charge in [0.15, 0.2) is 0 Å². The minimum Gasteiger partial charge on any atom is -0.297 e. The highest BCUT2D eigenvalue weighted by Gasteiger charge is 2.15. The topological polar surface area (TPSA) is 61.4 Å². The van der Waals surface area contributed by atoms with Crippen LogP contribution in [0.2, 0.25) is 10.0 Å². The fourth-order valence-corrected chi connectivity index (χ4v) is 3.28. The van der Waals surface area contributed by atoms with Crippen LogP contribution in [0.4, 0.5) is 0 Å². The molecule has 0 aliphatic heterocycles. The Morgan fingerprint density at radius 3 is 2.42 bits per heavy atom. The van der Waals surface area contributed by atoms with Gasteiger partial charge in [0.25, 0.3) is 0 Å². The van der Waals surface area contributed by atoms with Crippen LogP contribution in [0.25, 0.3) is 28.5 Å². The lowest BCUT2D eigenvalue weighted by atomic mass is 10.1. The van der Waals surface area contributed by atoms with Gasteiger partial charge in [-0.05, 0) is 54.6 Å². The van der Waals surface area contributed by atoms with E-state index >= 15 is 0 Å². The molecule has 2 aromatic carbocycles. The number of aryl methyl sites for hydroxylation is 2. The van der Waals surface area contributed by atoms with Crippen LogP contribution in [-0.2, 0) is 7.05 Å². The molecule has 4 rings (SSSR count). The van der Waals surface area contributed by atoms with E-state index in [0.29, 0.717) is 15.9 Å². The van der Waals surface area contributed by atoms with Gasteiger partial charge in [-0.2, -0.15) is 4.80 Å². The molecule has 2 heterocycles. The Labute approximate surface area is 160 Å². The van der Waals surface area contributed by atoms with Crippen molar-refractivity contribution in [2.45, 2.75) is 6.92 Å². The molecule has 0 unspecified atom stereocenters. The first-order valence-electron chi connectivity index (χ1n) is 7.87. The molecule has 8 heteroatoms. The summed E-state index contributed by atoms with van der Waals surface area (Å²) in [6.45, 7) is 2.00. The standard InChI is InChI=1S/C18H14Cl2N6/c1-11-10-21-18(15-8-5-13(19)9-16(15)20)26(11)14-6-3-12(4-7-14)17-22-24-25(2)23-17/h3-10H,1-2H3. The lowest BCUT2D eigenvalue weighted by molar-refractivity contribution is 0.630. The van der Waals surface area contributed by atoms with Crippen molar-refractivity contribution in [3.05, 3.63) is 64.4 Å². The number of imidazole rings is 1. The summed E-state index contributed by atoms with van der Waals surface area (Å²) in [6.07, 6.45) is 1.82. The Bertz CT molecular complexity index is 1080. The number of benzene rings is 2. The summed E-state index contributed by atoms with van der Waals surface area (Å²) in [6, 6.07) is 13.3. The van der Waals surface area contributed by atoms with Crippen molar-refractivity contribution < 1.29 is 0 Å². The average molecular weight is 385 g/mol. The first-order chi connectivity index (χ1) is 12.5. The van der Waals surface area contributed by atoms with E-state index in [1.807, 2.05) is 48.0 Å². The molecule has 0 saturated carbocycles. The Morgan fingerprint density at radius 1 is 1.00 bits per heavy atom. The molecule has 0 saturated heterocycles. The smallest absolute Gasteiger partial charge is 0.204 e. The van der Waals surface area contributed by atoms with Gasteiger partial charge < -0.3 is 0 Å². The van der Waals surface area contributed by atoms with Crippen LogP contribution >= 0.6 is 23.2 Å². The molecule has 130 valence electrons. The third kappa shape index (κ3) is 2.98. The van der Waals surface area contributed by atoms with E-state index in [1.54, 1.807) is 19.2 Å². The summed E-state index contributed by atoms with van der Waals surface area (Å²) in [5, 5.41) is 13.3. The molecule has 6 nitrogen and oxygen atoms in total. The van der Waals surface area contributed by atoms with Crippen LogP contribution in [-0.4, -0.2) is 29.8 Å². The minimum atomic E-state index is 0.560. The van der Waals surface area contributed by atoms with Crippen LogP contribution < -0.4 is 0 Å². The second-order valence-electron chi connectivity index (χ2n) is 5.83. The minimum absolute atomic E-state index is 0.560. The fraction of sp³-hybridized carbons (Fsp3) is 0.111. The molecule has 0 spiro atoms. The van der Waals surface area contributed by atoms with Gasteiger partial charge in [0.2, 0.25) is 5.82 Å². The number of hydrogen-bond acceptors (Lipinski definition) is 4. The fourth-order valence-electron chi connectivity index (χ4n) is 2.78. The largest absolute Gasteiger partial charge is 0.297 e. The Kier molecular flexibility index (Phi) is 4.22. The van der Waals surface area contributed by atoms with Crippen molar-refractivity contribution in [1.82, 2.24) is 29.8 Å². The van der Waals surface area contributed by atoms with E-state index in [-0.39, 0.29) is 0 Å². The predicted octanol–water partition coefficient (Wildman–Crippen LogP) is 4.35. The second kappa shape index (κ2) is 6.55. The summed E-state index contributed by atoms with van der Waals surface area (Å²) >= 11 is 12.4. The molecule has 4 aromatic rings. The second-order valence-corrected chi connectivity index (χ2v) is 6.68. The SMILES string of the molecule is Cc1cnc(-c2ccc(Cl)cc2Cl)n1-c1ccc(-c2nnn(C)n2)cc1. The monoisotopic (exact) mass is 384 g/mol. The number of tetrazole rings is 1. The molecule has 0 bridgehead atoms. The summed E-state index contributed by atoms with van der Waals surface area (Å²) in [4.78, 5) is 5.97. The van der Waals surface area contributed by atoms with E-state index < -0.39 is 0 Å². The Hall–Kier alpha value is -2.70. The highest BCUT2D eigenvalue weighted by atomic mass is 35.5. The molecular formula is C18H14Cl2N6. The highest BCUT2D eigenvalue weighted by molar-refractivity contribution is 6.36. The van der Waals surface area contributed by atoms with Gasteiger partial charge in [-0.15, -0.1) is 10.2 Å². The molecule has 0 fully saturated rings. The molecule has 0 aliphatic carbocycles. The van der Waals surface area contributed by atoms with Crippen LogP contribution in [0.5, 0.6) is 0 Å². The van der Waals surface area contributed by atoms with Crippen molar-refractivity contribution in [2.24, 2.45) is 7.05 Å². The molecule has 0 radical (unpaired) electrons. The van der Waals surface area contributed by atoms with Gasteiger partial charge in [0.05, 0.1) is 12.1 Å². The maximum Gasteiger partial charge on any atom is 0.204 e. The lowest BCUT2D eigenvalue weighted by Gasteiger charge is -2.12. The lowest BCUT2D eigenvalue weighted by Crippen LogP contribution is -2.00. The highest BCUT2D eigenvalue weighted by Crippen LogP contribution is 2.32. The van der Waals surface area contributed by atoms with Crippen LogP contribution in [0.1, 0.15) is 5.69 Å². The number of aromatic nitrogens is 6. The molecule has 0 atom stereocenters. The van der Waals surface area contributed by atoms with Crippen molar-refractivity contribution >= 4 is 23.2 Å². The van der Waals surface area contributed by atoms with Crippen molar-refractivity contribution in [2.75, 3.05) is 0 Å². The van der Waals surface area contributed by atoms with E-state index in [1.165, 1.54) is 4.80 Å². The summed E-state index contributed by atoms with van der Waals surface area (Å²) in [5.74, 6) is 1.34. The summed E-state index contributed by atoms with van der Waals surface area (Å²) in [7, 11) is 1.74. The number of hydrogen-bond donors (Lipinski definition) is 0. The zero-order valence-corrected chi connectivity index (χ0v) is 15.6. The molecule has 0 N–H and O–H groups in total. The Balaban J connectivity index is 1.78. The van der Waals surface area contributed by atoms with Crippen molar-refractivity contribution in [3.8, 4) is 28.5 Å². The maximum absolute atomic E-state index is 6.38. The quantitative estimate of drug-likeness (QED) is 0.526. The molecule has 0 amide bonds. The summed E-state index contributed by atoms with van der Waals surface area (Å²) < 4.78 is 2.04. The zero-order valence-electron chi connectivity index (χ0n) is 14.1. The third-order valence-corrected chi connectivity index (χ3v) is 4.55. The third-order valence-electron chi connectivity index (χ3n) is 4.00. The molecule has 26 heavy (non-hydrogen) atoms. The van der Waals surface area contributed by atoms with E-state index in [9.17, 15) is 0 Å². The summed E-state index contributed by atoms with van der Waals surface area (Å²) in [5.41, 5.74) is 3.68. The van der Waals surface area contributed by atoms with Gasteiger partial charge in [0.1, 0.15) is 5.82 Å². The molecular weight excluding hydrogens is 371 g/mol. The van der Waals surface area contributed by atoms with E-state index in [2.05, 4.69) is 20.4 Å². The average Bonchev–Trinajstić information content (AvgIpc) is 3.21. The van der Waals surface area contributed by atoms with Crippen LogP contribution in [0, 0.1) is 6.92 Å². The number of rotatable bonds is 3. The Morgan fingerprint density at radius 2 is 1.77 bits per heavy atom. The van der Waals surface area contributed by atoms with E-state index in [4.69, 9.17) is 23.2 Å². The van der Waals surface area contributed by atoms with Crippen LogP contribution in [0.3, 0.4) is 0 Å². The van der Waals surface area contributed by atoms with Crippen molar-refractivity contribution in [3.63, 3.8) is 0 Å². The van der Waals surface area contributed by atoms with E-state index in [0.717, 1.165) is 28.3 Å². The number of nitrogens with zero attached hydrogens (tertiary/aromatic N) is 6. The maximum atomic E-state index is 6.38. The van der Waals surface area contributed by atoms with Gasteiger partial charge in [-0.1, -0.05) is 23.2 Å².